The largest absolute Gasteiger partial charge is 0.366 e. The van der Waals surface area contributed by atoms with E-state index in [1.54, 1.807) is 36.9 Å². The third-order valence-corrected chi connectivity index (χ3v) is 5.87. The number of carbonyl (C=O) groups is 2. The maximum absolute atomic E-state index is 13.1. The molecule has 9 heteroatoms. The Hall–Kier alpha value is -3.68. The molecule has 0 aliphatic heterocycles. The summed E-state index contributed by atoms with van der Waals surface area (Å²) in [7, 11) is 0. The van der Waals surface area contributed by atoms with E-state index in [1.807, 2.05) is 18.2 Å². The molecule has 0 aliphatic carbocycles. The topological polar surface area (TPSA) is 114 Å². The van der Waals surface area contributed by atoms with E-state index in [0.29, 0.717) is 40.4 Å². The van der Waals surface area contributed by atoms with Crippen molar-refractivity contribution in [2.75, 3.05) is 5.32 Å². The Balaban J connectivity index is 1.62. The molecule has 2 aromatic heterocycles. The standard InChI is InChI=1S/C24H19Cl2N5O2/c25-20-9-5-14(11-19(20)21-3-1-2-10-29-21)31-24(33)18-8-7-17(23(27)32)16(22(18)26)6-4-15-12-28-13-30-15/h1-3,5,7-13H,4,6H2,(H2,27,32)(H,28,30)(H,31,33). The molecule has 0 radical (unpaired) electrons. The van der Waals surface area contributed by atoms with Gasteiger partial charge in [-0.3, -0.25) is 14.6 Å². The fraction of sp³-hybridized carbons (Fsp3) is 0.0833. The first kappa shape index (κ1) is 22.5. The van der Waals surface area contributed by atoms with Gasteiger partial charge in [-0.25, -0.2) is 4.98 Å². The van der Waals surface area contributed by atoms with Crippen molar-refractivity contribution < 1.29 is 9.59 Å². The fourth-order valence-electron chi connectivity index (χ4n) is 3.47. The summed E-state index contributed by atoms with van der Waals surface area (Å²) in [4.78, 5) is 36.4. The third-order valence-electron chi connectivity index (χ3n) is 5.10. The van der Waals surface area contributed by atoms with Gasteiger partial charge in [-0.1, -0.05) is 29.3 Å². The number of benzene rings is 2. The first-order valence-corrected chi connectivity index (χ1v) is 10.8. The Morgan fingerprint density at radius 1 is 1.00 bits per heavy atom. The summed E-state index contributed by atoms with van der Waals surface area (Å²) >= 11 is 12.9. The summed E-state index contributed by atoms with van der Waals surface area (Å²) < 4.78 is 0. The molecule has 33 heavy (non-hydrogen) atoms. The number of aromatic amines is 1. The number of anilines is 1. The molecule has 2 amide bonds. The number of hydrogen-bond acceptors (Lipinski definition) is 4. The molecule has 0 fully saturated rings. The average molecular weight is 480 g/mol. The van der Waals surface area contributed by atoms with E-state index in [-0.39, 0.29) is 16.1 Å². The number of carbonyl (C=O) groups excluding carboxylic acids is 2. The molecule has 4 aromatic rings. The molecule has 7 nitrogen and oxygen atoms in total. The van der Waals surface area contributed by atoms with E-state index in [4.69, 9.17) is 28.9 Å². The Labute approximate surface area is 200 Å². The highest BCUT2D eigenvalue weighted by Crippen LogP contribution is 2.31. The van der Waals surface area contributed by atoms with E-state index in [1.165, 1.54) is 12.1 Å². The van der Waals surface area contributed by atoms with Gasteiger partial charge in [-0.2, -0.15) is 0 Å². The third kappa shape index (κ3) is 5.05. The van der Waals surface area contributed by atoms with Gasteiger partial charge in [0.2, 0.25) is 5.91 Å². The van der Waals surface area contributed by atoms with Crippen molar-refractivity contribution in [3.63, 3.8) is 0 Å². The van der Waals surface area contributed by atoms with Crippen LogP contribution in [0.2, 0.25) is 10.0 Å². The molecular formula is C24H19Cl2N5O2. The minimum Gasteiger partial charge on any atom is -0.366 e. The number of rotatable bonds is 7. The van der Waals surface area contributed by atoms with E-state index in [2.05, 4.69) is 20.3 Å². The van der Waals surface area contributed by atoms with Crippen LogP contribution >= 0.6 is 23.2 Å². The van der Waals surface area contributed by atoms with E-state index in [9.17, 15) is 9.59 Å². The van der Waals surface area contributed by atoms with Crippen molar-refractivity contribution in [2.24, 2.45) is 5.73 Å². The lowest BCUT2D eigenvalue weighted by molar-refractivity contribution is 0.0994. The number of nitrogens with two attached hydrogens (primary N) is 1. The number of nitrogens with one attached hydrogen (secondary N) is 2. The van der Waals surface area contributed by atoms with Crippen LogP contribution in [-0.2, 0) is 12.8 Å². The van der Waals surface area contributed by atoms with Gasteiger partial charge >= 0.3 is 0 Å². The number of aromatic nitrogens is 3. The SMILES string of the molecule is NC(=O)c1ccc(C(=O)Nc2ccc(Cl)c(-c3ccccn3)c2)c(Cl)c1CCc1c[nH]cn1. The van der Waals surface area contributed by atoms with E-state index in [0.717, 1.165) is 5.69 Å². The van der Waals surface area contributed by atoms with Crippen molar-refractivity contribution in [2.45, 2.75) is 12.8 Å². The highest BCUT2D eigenvalue weighted by molar-refractivity contribution is 6.36. The normalized spacial score (nSPS) is 10.7. The van der Waals surface area contributed by atoms with Crippen molar-refractivity contribution in [3.8, 4) is 11.3 Å². The van der Waals surface area contributed by atoms with Crippen LogP contribution in [0.4, 0.5) is 5.69 Å². The highest BCUT2D eigenvalue weighted by atomic mass is 35.5. The van der Waals surface area contributed by atoms with Gasteiger partial charge in [0.1, 0.15) is 0 Å². The first-order chi connectivity index (χ1) is 15.9. The van der Waals surface area contributed by atoms with Crippen LogP contribution in [0.15, 0.2) is 67.3 Å². The second-order valence-electron chi connectivity index (χ2n) is 7.24. The average Bonchev–Trinajstić information content (AvgIpc) is 3.33. The van der Waals surface area contributed by atoms with E-state index < -0.39 is 11.8 Å². The second-order valence-corrected chi connectivity index (χ2v) is 8.03. The molecule has 0 unspecified atom stereocenters. The van der Waals surface area contributed by atoms with Crippen LogP contribution in [0.3, 0.4) is 0 Å². The minimum absolute atomic E-state index is 0.179. The molecule has 0 saturated heterocycles. The number of halogens is 2. The summed E-state index contributed by atoms with van der Waals surface area (Å²) in [5.41, 5.74) is 9.24. The molecule has 4 rings (SSSR count). The van der Waals surface area contributed by atoms with Gasteiger partial charge < -0.3 is 16.0 Å². The molecule has 4 N–H and O–H groups in total. The Morgan fingerprint density at radius 3 is 2.52 bits per heavy atom. The summed E-state index contributed by atoms with van der Waals surface area (Å²) in [5, 5.41) is 3.53. The molecule has 2 aromatic carbocycles. The lowest BCUT2D eigenvalue weighted by atomic mass is 9.98. The molecule has 0 spiro atoms. The fourth-order valence-corrected chi connectivity index (χ4v) is 4.03. The van der Waals surface area contributed by atoms with Gasteiger partial charge in [0.05, 0.1) is 33.3 Å². The number of imidazole rings is 1. The van der Waals surface area contributed by atoms with Gasteiger partial charge in [0, 0.05) is 29.2 Å². The maximum atomic E-state index is 13.1. The molecule has 0 aliphatic rings. The van der Waals surface area contributed by atoms with E-state index >= 15 is 0 Å². The molecular weight excluding hydrogens is 461 g/mol. The summed E-state index contributed by atoms with van der Waals surface area (Å²) in [5.74, 6) is -1.04. The number of hydrogen-bond donors (Lipinski definition) is 3. The van der Waals surface area contributed by atoms with Crippen molar-refractivity contribution in [1.29, 1.82) is 0 Å². The molecule has 0 atom stereocenters. The van der Waals surface area contributed by atoms with Gasteiger partial charge in [-0.15, -0.1) is 0 Å². The zero-order valence-electron chi connectivity index (χ0n) is 17.3. The highest BCUT2D eigenvalue weighted by Gasteiger charge is 2.20. The molecule has 0 saturated carbocycles. The van der Waals surface area contributed by atoms with Crippen LogP contribution < -0.4 is 11.1 Å². The van der Waals surface area contributed by atoms with Crippen molar-refractivity contribution >= 4 is 40.7 Å². The minimum atomic E-state index is -0.612. The van der Waals surface area contributed by atoms with Gasteiger partial charge in [0.15, 0.2) is 0 Å². The smallest absolute Gasteiger partial charge is 0.257 e. The Bertz CT molecular complexity index is 1310. The van der Waals surface area contributed by atoms with Crippen LogP contribution in [0.1, 0.15) is 32.0 Å². The summed E-state index contributed by atoms with van der Waals surface area (Å²) in [6, 6.07) is 13.6. The zero-order valence-corrected chi connectivity index (χ0v) is 18.8. The summed E-state index contributed by atoms with van der Waals surface area (Å²) in [6.45, 7) is 0. The number of H-pyrrole nitrogens is 1. The number of nitrogens with zero attached hydrogens (tertiary/aromatic N) is 2. The first-order valence-electron chi connectivity index (χ1n) is 10.0. The Kier molecular flexibility index (Phi) is 6.72. The van der Waals surface area contributed by atoms with Gasteiger partial charge in [0.25, 0.3) is 5.91 Å². The predicted octanol–water partition coefficient (Wildman–Crippen LogP) is 4.91. The van der Waals surface area contributed by atoms with Crippen LogP contribution in [0.5, 0.6) is 0 Å². The van der Waals surface area contributed by atoms with Crippen LogP contribution in [0, 0.1) is 0 Å². The van der Waals surface area contributed by atoms with Crippen LogP contribution in [-0.4, -0.2) is 26.8 Å². The number of primary amides is 1. The lowest BCUT2D eigenvalue weighted by Gasteiger charge is -2.14. The van der Waals surface area contributed by atoms with Crippen molar-refractivity contribution in [3.05, 3.63) is 99.7 Å². The molecule has 166 valence electrons. The second kappa shape index (κ2) is 9.85. The summed E-state index contributed by atoms with van der Waals surface area (Å²) in [6.07, 6.45) is 5.92. The number of aryl methyl sites for hydroxylation is 1. The zero-order chi connectivity index (χ0) is 23.4. The number of amides is 2. The lowest BCUT2D eigenvalue weighted by Crippen LogP contribution is -2.18. The molecule has 2 heterocycles. The van der Waals surface area contributed by atoms with Gasteiger partial charge in [-0.05, 0) is 60.9 Å². The van der Waals surface area contributed by atoms with Crippen LogP contribution in [0.25, 0.3) is 11.3 Å². The monoisotopic (exact) mass is 479 g/mol. The molecule has 0 bridgehead atoms. The predicted molar refractivity (Wildman–Crippen MR) is 129 cm³/mol. The maximum Gasteiger partial charge on any atom is 0.257 e. The van der Waals surface area contributed by atoms with Crippen molar-refractivity contribution in [1.82, 2.24) is 15.0 Å². The Morgan fingerprint density at radius 2 is 1.82 bits per heavy atom. The quantitative estimate of drug-likeness (QED) is 0.349. The number of pyridine rings is 1.